The molecule has 0 N–H and O–H groups in total. The fraction of sp³-hybridized carbons (Fsp3) is 0.111. The lowest BCUT2D eigenvalue weighted by atomic mass is 10.1. The number of carbonyl (C=O) groups excluding carboxylic acids is 1. The van der Waals surface area contributed by atoms with E-state index in [-0.39, 0.29) is 5.82 Å². The zero-order valence-electron chi connectivity index (χ0n) is 13.7. The van der Waals surface area contributed by atoms with E-state index in [9.17, 15) is 9.18 Å². The van der Waals surface area contributed by atoms with Gasteiger partial charge in [-0.3, -0.25) is 4.98 Å². The van der Waals surface area contributed by atoms with Gasteiger partial charge in [-0.25, -0.2) is 13.9 Å². The lowest BCUT2D eigenvalue weighted by molar-refractivity contribution is 0.0600. The number of hydrogen-bond acceptors (Lipinski definition) is 5. The molecule has 0 unspecified atom stereocenters. The number of rotatable bonds is 4. The van der Waals surface area contributed by atoms with Gasteiger partial charge >= 0.3 is 5.97 Å². The molecular formula is C18H15FN4O2. The molecule has 0 spiro atoms. The van der Waals surface area contributed by atoms with Crippen LogP contribution in [0, 0.1) is 5.82 Å². The smallest absolute Gasteiger partial charge is 0.339 e. The van der Waals surface area contributed by atoms with Crippen LogP contribution >= 0.6 is 0 Å². The van der Waals surface area contributed by atoms with Crippen LogP contribution in [0.1, 0.15) is 21.7 Å². The summed E-state index contributed by atoms with van der Waals surface area (Å²) in [5.74, 6) is -0.739. The van der Waals surface area contributed by atoms with E-state index < -0.39 is 5.97 Å². The van der Waals surface area contributed by atoms with Gasteiger partial charge in [0.25, 0.3) is 0 Å². The largest absolute Gasteiger partial charge is 0.465 e. The lowest BCUT2D eigenvalue weighted by Crippen LogP contribution is -2.01. The van der Waals surface area contributed by atoms with Crippen LogP contribution in [-0.2, 0) is 11.8 Å². The number of nitrogens with zero attached hydrogens (tertiary/aromatic N) is 4. The van der Waals surface area contributed by atoms with Crippen molar-refractivity contribution in [2.45, 2.75) is 0 Å². The lowest BCUT2D eigenvalue weighted by Gasteiger charge is -2.01. The van der Waals surface area contributed by atoms with Gasteiger partial charge in [-0.05, 0) is 48.6 Å². The predicted octanol–water partition coefficient (Wildman–Crippen LogP) is 2.97. The van der Waals surface area contributed by atoms with Crippen molar-refractivity contribution < 1.29 is 13.9 Å². The number of hydrogen-bond donors (Lipinski definition) is 0. The maximum Gasteiger partial charge on any atom is 0.339 e. The van der Waals surface area contributed by atoms with Gasteiger partial charge in [0, 0.05) is 18.8 Å². The van der Waals surface area contributed by atoms with Gasteiger partial charge in [0.1, 0.15) is 11.5 Å². The molecule has 0 bridgehead atoms. The molecule has 7 heteroatoms. The average molecular weight is 338 g/mol. The molecule has 3 aromatic rings. The number of ether oxygens (including phenoxy) is 1. The van der Waals surface area contributed by atoms with E-state index in [0.29, 0.717) is 17.0 Å². The molecule has 1 aromatic carbocycles. The fourth-order valence-corrected chi connectivity index (χ4v) is 2.27. The number of carbonyl (C=O) groups is 1. The summed E-state index contributed by atoms with van der Waals surface area (Å²) in [4.78, 5) is 15.6. The van der Waals surface area contributed by atoms with E-state index in [2.05, 4.69) is 20.0 Å². The molecule has 0 aliphatic carbocycles. The molecule has 0 amide bonds. The molecule has 0 aliphatic rings. The number of pyridine rings is 1. The second-order valence-electron chi connectivity index (χ2n) is 5.25. The monoisotopic (exact) mass is 338 g/mol. The van der Waals surface area contributed by atoms with Gasteiger partial charge in [0.05, 0.1) is 24.1 Å². The zero-order valence-corrected chi connectivity index (χ0v) is 13.7. The van der Waals surface area contributed by atoms with Crippen molar-refractivity contribution in [2.75, 3.05) is 7.11 Å². The topological polar surface area (TPSA) is 69.9 Å². The fourth-order valence-electron chi connectivity index (χ4n) is 2.27. The van der Waals surface area contributed by atoms with Gasteiger partial charge in [-0.2, -0.15) is 0 Å². The standard InChI is InChI=1S/C18H15FN4O2/c1-23-16(17(21-22-23)12-3-6-14(19)7-4-12)10-9-15-8-5-13(11-20-15)18(24)25-2/h3-11H,1-2H3/b10-9+. The van der Waals surface area contributed by atoms with Crippen LogP contribution in [0.5, 0.6) is 0 Å². The maximum atomic E-state index is 13.1. The summed E-state index contributed by atoms with van der Waals surface area (Å²) in [6.45, 7) is 0. The summed E-state index contributed by atoms with van der Waals surface area (Å²) in [6.07, 6.45) is 5.06. The number of methoxy groups -OCH3 is 1. The highest BCUT2D eigenvalue weighted by Crippen LogP contribution is 2.22. The molecule has 2 heterocycles. The van der Waals surface area contributed by atoms with Crippen molar-refractivity contribution in [3.63, 3.8) is 0 Å². The number of benzene rings is 1. The molecule has 6 nitrogen and oxygen atoms in total. The summed E-state index contributed by atoms with van der Waals surface area (Å²) in [6, 6.07) is 9.42. The van der Waals surface area contributed by atoms with E-state index in [1.54, 1.807) is 42.1 Å². The summed E-state index contributed by atoms with van der Waals surface area (Å²) >= 11 is 0. The SMILES string of the molecule is COC(=O)c1ccc(/C=C/c2c(-c3ccc(F)cc3)nnn2C)nc1. The Labute approximate surface area is 143 Å². The van der Waals surface area contributed by atoms with Crippen LogP contribution in [0.15, 0.2) is 42.6 Å². The number of esters is 1. The van der Waals surface area contributed by atoms with Gasteiger partial charge < -0.3 is 4.74 Å². The number of aromatic nitrogens is 4. The number of halogens is 1. The molecule has 0 radical (unpaired) electrons. The van der Waals surface area contributed by atoms with Gasteiger partial charge in [-0.1, -0.05) is 5.21 Å². The number of aryl methyl sites for hydroxylation is 1. The van der Waals surface area contributed by atoms with Crippen molar-refractivity contribution >= 4 is 18.1 Å². The summed E-state index contributed by atoms with van der Waals surface area (Å²) in [7, 11) is 3.09. The maximum absolute atomic E-state index is 13.1. The molecule has 0 saturated heterocycles. The first kappa shape index (κ1) is 16.5. The molecule has 0 aliphatic heterocycles. The van der Waals surface area contributed by atoms with Crippen LogP contribution < -0.4 is 0 Å². The Kier molecular flexibility index (Phi) is 4.65. The van der Waals surface area contributed by atoms with Crippen LogP contribution in [-0.4, -0.2) is 33.1 Å². The molecule has 25 heavy (non-hydrogen) atoms. The highest BCUT2D eigenvalue weighted by molar-refractivity contribution is 5.89. The Hall–Kier alpha value is -3.35. The van der Waals surface area contributed by atoms with E-state index >= 15 is 0 Å². The van der Waals surface area contributed by atoms with Gasteiger partial charge in [0.2, 0.25) is 0 Å². The minimum atomic E-state index is -0.433. The Bertz CT molecular complexity index is 915. The van der Waals surface area contributed by atoms with Crippen molar-refractivity contribution in [3.8, 4) is 11.3 Å². The van der Waals surface area contributed by atoms with Crippen molar-refractivity contribution in [2.24, 2.45) is 7.05 Å². The third-order valence-electron chi connectivity index (χ3n) is 3.61. The minimum Gasteiger partial charge on any atom is -0.465 e. The first-order valence-corrected chi connectivity index (χ1v) is 7.46. The van der Waals surface area contributed by atoms with E-state index in [1.165, 1.54) is 25.4 Å². The molecule has 3 rings (SSSR count). The van der Waals surface area contributed by atoms with Crippen LogP contribution in [0.4, 0.5) is 4.39 Å². The molecule has 0 fully saturated rings. The van der Waals surface area contributed by atoms with Crippen LogP contribution in [0.3, 0.4) is 0 Å². The second-order valence-corrected chi connectivity index (χ2v) is 5.25. The normalized spacial score (nSPS) is 11.0. The third kappa shape index (κ3) is 3.60. The molecule has 2 aromatic heterocycles. The van der Waals surface area contributed by atoms with Crippen LogP contribution in [0.25, 0.3) is 23.4 Å². The minimum absolute atomic E-state index is 0.306. The highest BCUT2D eigenvalue weighted by atomic mass is 19.1. The van der Waals surface area contributed by atoms with Gasteiger partial charge in [-0.15, -0.1) is 5.10 Å². The highest BCUT2D eigenvalue weighted by Gasteiger charge is 2.10. The molecule has 0 saturated carbocycles. The Morgan fingerprint density at radius 3 is 2.56 bits per heavy atom. The second kappa shape index (κ2) is 7.04. The van der Waals surface area contributed by atoms with Crippen molar-refractivity contribution in [3.05, 3.63) is 65.4 Å². The molecular weight excluding hydrogens is 323 g/mol. The zero-order chi connectivity index (χ0) is 17.8. The summed E-state index contributed by atoms with van der Waals surface area (Å²) in [5, 5.41) is 8.15. The molecule has 126 valence electrons. The third-order valence-corrected chi connectivity index (χ3v) is 3.61. The first-order valence-electron chi connectivity index (χ1n) is 7.46. The first-order chi connectivity index (χ1) is 12.1. The van der Waals surface area contributed by atoms with Crippen LogP contribution in [0.2, 0.25) is 0 Å². The van der Waals surface area contributed by atoms with Gasteiger partial charge in [0.15, 0.2) is 0 Å². The average Bonchev–Trinajstić information content (AvgIpc) is 3.01. The predicted molar refractivity (Wildman–Crippen MR) is 90.9 cm³/mol. The molecule has 0 atom stereocenters. The van der Waals surface area contributed by atoms with E-state index in [0.717, 1.165) is 11.3 Å². The van der Waals surface area contributed by atoms with Crippen molar-refractivity contribution in [1.82, 2.24) is 20.0 Å². The Morgan fingerprint density at radius 1 is 1.16 bits per heavy atom. The van der Waals surface area contributed by atoms with E-state index in [1.807, 2.05) is 6.08 Å². The summed E-state index contributed by atoms with van der Waals surface area (Å²) < 4.78 is 19.4. The Morgan fingerprint density at radius 2 is 1.92 bits per heavy atom. The quantitative estimate of drug-likeness (QED) is 0.684. The summed E-state index contributed by atoms with van der Waals surface area (Å²) in [5.41, 5.74) is 3.21. The Balaban J connectivity index is 1.88. The van der Waals surface area contributed by atoms with Crippen molar-refractivity contribution in [1.29, 1.82) is 0 Å². The van der Waals surface area contributed by atoms with E-state index in [4.69, 9.17) is 0 Å².